The zero-order chi connectivity index (χ0) is 29.9. The van der Waals surface area contributed by atoms with E-state index in [1.807, 2.05) is 0 Å². The maximum atomic E-state index is 14.2. The minimum atomic E-state index is -1.89. The number of hydrogen-bond donors (Lipinski definition) is 3. The number of anilines is 4. The molecular formula is C31H34N4O6. The maximum Gasteiger partial charge on any atom is 0.407 e. The smallest absolute Gasteiger partial charge is 0.407 e. The average molecular weight is 559 g/mol. The zero-order valence-corrected chi connectivity index (χ0v) is 23.5. The summed E-state index contributed by atoms with van der Waals surface area (Å²) < 4.78 is 5.27. The summed E-state index contributed by atoms with van der Waals surface area (Å²) in [4.78, 5) is 55.1. The molecule has 0 spiro atoms. The Morgan fingerprint density at radius 1 is 0.902 bits per heavy atom. The molecule has 0 aromatic heterocycles. The lowest BCUT2D eigenvalue weighted by Crippen LogP contribution is -2.50. The van der Waals surface area contributed by atoms with E-state index >= 15 is 0 Å². The number of carbonyl (C=O) groups is 4. The predicted molar refractivity (Wildman–Crippen MR) is 156 cm³/mol. The van der Waals surface area contributed by atoms with E-state index in [1.54, 1.807) is 93.6 Å². The standard InChI is InChI=1S/C31H34N4O6/c1-30(2,3)41-29(40)33-18-20-11-15-23(16-12-20)35-25-8-6-5-7-24(25)34(19-21-9-13-22(32)14-10-21)27(38)31(4,28(35)39)17-26(36)37/h5-16H,17-19,32H2,1-4H3,(H,33,40)(H,36,37). The molecule has 1 aliphatic heterocycles. The van der Waals surface area contributed by atoms with Crippen molar-refractivity contribution in [2.75, 3.05) is 15.5 Å². The van der Waals surface area contributed by atoms with Crippen LogP contribution in [0.5, 0.6) is 0 Å². The summed E-state index contributed by atoms with van der Waals surface area (Å²) in [5, 5.41) is 12.4. The molecule has 3 aromatic rings. The Labute approximate surface area is 238 Å². The van der Waals surface area contributed by atoms with Crippen molar-refractivity contribution in [1.82, 2.24) is 5.32 Å². The summed E-state index contributed by atoms with van der Waals surface area (Å²) >= 11 is 0. The van der Waals surface area contributed by atoms with E-state index in [0.29, 0.717) is 22.7 Å². The highest BCUT2D eigenvalue weighted by Gasteiger charge is 2.51. The van der Waals surface area contributed by atoms with E-state index < -0.39 is 41.3 Å². The van der Waals surface area contributed by atoms with Crippen molar-refractivity contribution in [3.05, 3.63) is 83.9 Å². The second-order valence-electron chi connectivity index (χ2n) is 11.2. The molecule has 4 N–H and O–H groups in total. The normalized spacial score (nSPS) is 17.1. The first-order chi connectivity index (χ1) is 19.3. The lowest BCUT2D eigenvalue weighted by molar-refractivity contribution is -0.149. The van der Waals surface area contributed by atoms with Gasteiger partial charge < -0.3 is 25.8 Å². The fraction of sp³-hybridized carbons (Fsp3) is 0.290. The zero-order valence-electron chi connectivity index (χ0n) is 23.5. The largest absolute Gasteiger partial charge is 0.481 e. The molecule has 41 heavy (non-hydrogen) atoms. The number of nitrogens with one attached hydrogen (secondary N) is 1. The summed E-state index contributed by atoms with van der Waals surface area (Å²) in [6.45, 7) is 7.01. The number of hydrogen-bond acceptors (Lipinski definition) is 6. The number of carboxylic acid groups (broad SMARTS) is 1. The molecule has 1 atom stereocenters. The Hall–Kier alpha value is -4.86. The minimum absolute atomic E-state index is 0.113. The SMILES string of the molecule is CC(C)(C)OC(=O)NCc1ccc(N2C(=O)C(C)(CC(=O)O)C(=O)N(Cc3ccc(N)cc3)c3ccccc32)cc1. The van der Waals surface area contributed by atoms with Gasteiger partial charge in [-0.25, -0.2) is 4.79 Å². The first-order valence-corrected chi connectivity index (χ1v) is 13.2. The van der Waals surface area contributed by atoms with Crippen molar-refractivity contribution >= 4 is 46.6 Å². The lowest BCUT2D eigenvalue weighted by atomic mass is 9.83. The number of carbonyl (C=O) groups excluding carboxylic acids is 3. The Balaban J connectivity index is 1.73. The van der Waals surface area contributed by atoms with E-state index in [2.05, 4.69) is 5.32 Å². The lowest BCUT2D eigenvalue weighted by Gasteiger charge is -2.31. The van der Waals surface area contributed by atoms with Crippen LogP contribution in [0.4, 0.5) is 27.5 Å². The molecule has 1 unspecified atom stereocenters. The van der Waals surface area contributed by atoms with Crippen LogP contribution in [-0.2, 0) is 32.2 Å². The molecule has 1 heterocycles. The van der Waals surface area contributed by atoms with Crippen LogP contribution in [-0.4, -0.2) is 34.6 Å². The number of fused-ring (bicyclic) bond motifs is 1. The van der Waals surface area contributed by atoms with Crippen LogP contribution in [0, 0.1) is 5.41 Å². The van der Waals surface area contributed by atoms with Gasteiger partial charge in [0.25, 0.3) is 0 Å². The predicted octanol–water partition coefficient (Wildman–Crippen LogP) is 4.99. The molecule has 0 aliphatic carbocycles. The van der Waals surface area contributed by atoms with Crippen molar-refractivity contribution < 1.29 is 29.0 Å². The number of benzene rings is 3. The third-order valence-corrected chi connectivity index (χ3v) is 6.66. The molecule has 10 nitrogen and oxygen atoms in total. The van der Waals surface area contributed by atoms with Gasteiger partial charge >= 0.3 is 12.1 Å². The van der Waals surface area contributed by atoms with Gasteiger partial charge in [-0.2, -0.15) is 0 Å². The quantitative estimate of drug-likeness (QED) is 0.274. The van der Waals surface area contributed by atoms with Crippen LogP contribution in [0.25, 0.3) is 0 Å². The second kappa shape index (κ2) is 11.3. The Morgan fingerprint density at radius 2 is 1.49 bits per heavy atom. The molecule has 0 saturated carbocycles. The first-order valence-electron chi connectivity index (χ1n) is 13.2. The summed E-state index contributed by atoms with van der Waals surface area (Å²) in [5.41, 5.74) is 6.75. The van der Waals surface area contributed by atoms with E-state index in [1.165, 1.54) is 16.7 Å². The molecule has 10 heteroatoms. The molecule has 1 aliphatic rings. The van der Waals surface area contributed by atoms with Gasteiger partial charge in [-0.1, -0.05) is 36.4 Å². The van der Waals surface area contributed by atoms with Gasteiger partial charge in [-0.05, 0) is 75.2 Å². The molecule has 0 saturated heterocycles. The Bertz CT molecular complexity index is 1460. The Kier molecular flexibility index (Phi) is 8.05. The van der Waals surface area contributed by atoms with Gasteiger partial charge in [0.05, 0.1) is 24.3 Å². The highest BCUT2D eigenvalue weighted by atomic mass is 16.6. The van der Waals surface area contributed by atoms with Crippen LogP contribution in [0.15, 0.2) is 72.8 Å². The highest BCUT2D eigenvalue weighted by Crippen LogP contribution is 2.44. The minimum Gasteiger partial charge on any atom is -0.481 e. The van der Waals surface area contributed by atoms with Gasteiger partial charge in [0.2, 0.25) is 11.8 Å². The van der Waals surface area contributed by atoms with Crippen LogP contribution in [0.2, 0.25) is 0 Å². The third-order valence-electron chi connectivity index (χ3n) is 6.66. The monoisotopic (exact) mass is 558 g/mol. The van der Waals surface area contributed by atoms with Crippen LogP contribution < -0.4 is 20.9 Å². The summed E-state index contributed by atoms with van der Waals surface area (Å²) in [6, 6.07) is 20.9. The fourth-order valence-corrected chi connectivity index (χ4v) is 4.66. The number of para-hydroxylation sites is 2. The highest BCUT2D eigenvalue weighted by molar-refractivity contribution is 6.23. The maximum absolute atomic E-state index is 14.2. The second-order valence-corrected chi connectivity index (χ2v) is 11.2. The van der Waals surface area contributed by atoms with Crippen molar-refractivity contribution in [2.45, 2.75) is 52.8 Å². The van der Waals surface area contributed by atoms with Crippen molar-refractivity contribution in [3.8, 4) is 0 Å². The third kappa shape index (κ3) is 6.49. The number of amides is 3. The number of aliphatic carboxylic acids is 1. The number of alkyl carbamates (subject to hydrolysis) is 1. The van der Waals surface area contributed by atoms with E-state index in [-0.39, 0.29) is 13.1 Å². The number of nitrogens with two attached hydrogens (primary N) is 1. The van der Waals surface area contributed by atoms with Gasteiger partial charge in [-0.15, -0.1) is 0 Å². The number of nitrogens with zero attached hydrogens (tertiary/aromatic N) is 2. The molecule has 4 rings (SSSR count). The summed E-state index contributed by atoms with van der Waals surface area (Å²) in [7, 11) is 0. The first kappa shape index (κ1) is 29.1. The number of rotatable bonds is 7. The fourth-order valence-electron chi connectivity index (χ4n) is 4.66. The van der Waals surface area contributed by atoms with Crippen molar-refractivity contribution in [1.29, 1.82) is 0 Å². The van der Waals surface area contributed by atoms with E-state index in [0.717, 1.165) is 11.1 Å². The van der Waals surface area contributed by atoms with E-state index in [4.69, 9.17) is 10.5 Å². The van der Waals surface area contributed by atoms with Crippen molar-refractivity contribution in [2.24, 2.45) is 5.41 Å². The van der Waals surface area contributed by atoms with Gasteiger partial charge in [0, 0.05) is 17.9 Å². The number of nitrogen functional groups attached to an aromatic ring is 1. The molecule has 0 radical (unpaired) electrons. The van der Waals surface area contributed by atoms with Crippen LogP contribution >= 0.6 is 0 Å². The molecule has 3 amide bonds. The molecular weight excluding hydrogens is 524 g/mol. The molecule has 0 fully saturated rings. The van der Waals surface area contributed by atoms with Gasteiger partial charge in [0.1, 0.15) is 11.0 Å². The average Bonchev–Trinajstić information content (AvgIpc) is 2.96. The summed E-state index contributed by atoms with van der Waals surface area (Å²) in [6.07, 6.45) is -1.24. The summed E-state index contributed by atoms with van der Waals surface area (Å²) in [5.74, 6) is -2.54. The molecule has 0 bridgehead atoms. The van der Waals surface area contributed by atoms with Gasteiger partial charge in [-0.3, -0.25) is 19.3 Å². The van der Waals surface area contributed by atoms with Crippen LogP contribution in [0.1, 0.15) is 45.2 Å². The topological polar surface area (TPSA) is 142 Å². The number of carboxylic acids is 1. The number of ether oxygens (including phenoxy) is 1. The molecule has 214 valence electrons. The van der Waals surface area contributed by atoms with E-state index in [9.17, 15) is 24.3 Å². The molecule has 3 aromatic carbocycles. The van der Waals surface area contributed by atoms with Gasteiger partial charge in [0.15, 0.2) is 0 Å². The van der Waals surface area contributed by atoms with Crippen LogP contribution in [0.3, 0.4) is 0 Å². The van der Waals surface area contributed by atoms with Crippen molar-refractivity contribution in [3.63, 3.8) is 0 Å². The Morgan fingerprint density at radius 3 is 2.07 bits per heavy atom.